The van der Waals surface area contributed by atoms with Gasteiger partial charge in [-0.2, -0.15) is 4.98 Å². The van der Waals surface area contributed by atoms with Gasteiger partial charge in [-0.15, -0.1) is 0 Å². The highest BCUT2D eigenvalue weighted by Gasteiger charge is 2.17. The number of fused-ring (bicyclic) bond motifs is 1. The normalized spacial score (nSPS) is 11.2. The number of aryl methyl sites for hydroxylation is 1. The molecular formula is C18H12Cl2N4O3. The molecule has 0 aliphatic carbocycles. The van der Waals surface area contributed by atoms with Gasteiger partial charge in [-0.3, -0.25) is 9.36 Å². The number of nitrogens with zero attached hydrogens (tertiary/aromatic N) is 4. The van der Waals surface area contributed by atoms with Crippen molar-refractivity contribution in [2.75, 3.05) is 0 Å². The minimum atomic E-state index is -0.344. The first-order valence-electron chi connectivity index (χ1n) is 7.79. The van der Waals surface area contributed by atoms with Crippen molar-refractivity contribution in [3.63, 3.8) is 0 Å². The lowest BCUT2D eigenvalue weighted by atomic mass is 10.1. The zero-order valence-electron chi connectivity index (χ0n) is 13.9. The smallest absolute Gasteiger partial charge is 0.259 e. The van der Waals surface area contributed by atoms with Gasteiger partial charge in [-0.05, 0) is 18.2 Å². The summed E-state index contributed by atoms with van der Waals surface area (Å²) in [6.45, 7) is 0. The van der Waals surface area contributed by atoms with Crippen molar-refractivity contribution in [3.05, 3.63) is 63.0 Å². The number of aromatic nitrogens is 4. The lowest BCUT2D eigenvalue weighted by molar-refractivity contribution is 0.399. The van der Waals surface area contributed by atoms with E-state index in [0.29, 0.717) is 32.2 Å². The van der Waals surface area contributed by atoms with Gasteiger partial charge in [0.2, 0.25) is 17.7 Å². The average molecular weight is 403 g/mol. The Morgan fingerprint density at radius 1 is 1.04 bits per heavy atom. The van der Waals surface area contributed by atoms with Gasteiger partial charge in [-0.25, -0.2) is 9.55 Å². The Bertz CT molecular complexity index is 1220. The second kappa shape index (κ2) is 6.29. The molecule has 3 aromatic heterocycles. The van der Waals surface area contributed by atoms with Crippen LogP contribution in [0, 0.1) is 0 Å². The summed E-state index contributed by atoms with van der Waals surface area (Å²) in [7, 11) is 1.56. The van der Waals surface area contributed by atoms with Gasteiger partial charge in [0.05, 0.1) is 15.6 Å². The molecule has 0 saturated heterocycles. The van der Waals surface area contributed by atoms with Crippen molar-refractivity contribution in [2.45, 2.75) is 0 Å². The molecule has 9 heteroatoms. The van der Waals surface area contributed by atoms with E-state index >= 15 is 0 Å². The number of halogens is 2. The van der Waals surface area contributed by atoms with Crippen molar-refractivity contribution < 1.29 is 10.2 Å². The predicted octanol–water partition coefficient (Wildman–Crippen LogP) is 3.50. The van der Waals surface area contributed by atoms with E-state index in [2.05, 4.69) is 9.97 Å². The Kier molecular flexibility index (Phi) is 4.05. The first-order chi connectivity index (χ1) is 12.9. The van der Waals surface area contributed by atoms with E-state index in [0.717, 1.165) is 4.57 Å². The molecule has 0 aliphatic heterocycles. The average Bonchev–Trinajstić information content (AvgIpc) is 2.97. The van der Waals surface area contributed by atoms with Crippen molar-refractivity contribution in [2.24, 2.45) is 7.05 Å². The first kappa shape index (κ1) is 17.4. The van der Waals surface area contributed by atoms with E-state index in [4.69, 9.17) is 23.2 Å². The molecule has 3 heterocycles. The largest absolute Gasteiger partial charge is 0.494 e. The van der Waals surface area contributed by atoms with E-state index in [9.17, 15) is 15.0 Å². The molecule has 0 radical (unpaired) electrons. The highest BCUT2D eigenvalue weighted by atomic mass is 35.5. The van der Waals surface area contributed by atoms with Crippen LogP contribution in [0.1, 0.15) is 0 Å². The second-order valence-corrected chi connectivity index (χ2v) is 6.67. The van der Waals surface area contributed by atoms with Crippen molar-refractivity contribution in [1.82, 2.24) is 19.1 Å². The quantitative estimate of drug-likeness (QED) is 0.535. The fourth-order valence-electron chi connectivity index (χ4n) is 2.90. The molecule has 0 saturated carbocycles. The third-order valence-corrected chi connectivity index (χ3v) is 4.84. The summed E-state index contributed by atoms with van der Waals surface area (Å²) in [4.78, 5) is 21.4. The number of hydrogen-bond acceptors (Lipinski definition) is 5. The zero-order chi connectivity index (χ0) is 19.3. The molecule has 4 aromatic rings. The predicted molar refractivity (Wildman–Crippen MR) is 103 cm³/mol. The molecule has 0 amide bonds. The summed E-state index contributed by atoms with van der Waals surface area (Å²) in [5.41, 5.74) is 0.740. The maximum absolute atomic E-state index is 12.9. The molecule has 7 nitrogen and oxygen atoms in total. The molecule has 0 spiro atoms. The van der Waals surface area contributed by atoms with Crippen LogP contribution in [0.5, 0.6) is 11.8 Å². The summed E-state index contributed by atoms with van der Waals surface area (Å²) in [6, 6.07) is 9.25. The molecule has 0 atom stereocenters. The molecule has 4 rings (SSSR count). The van der Waals surface area contributed by atoms with Crippen LogP contribution in [-0.4, -0.2) is 29.3 Å². The molecule has 136 valence electrons. The van der Waals surface area contributed by atoms with Gasteiger partial charge in [0.25, 0.3) is 5.56 Å². The Morgan fingerprint density at radius 2 is 1.67 bits per heavy atom. The summed E-state index contributed by atoms with van der Waals surface area (Å²) in [6.07, 6.45) is 1.49. The molecular weight excluding hydrogens is 391 g/mol. The fraction of sp³-hybridized carbons (Fsp3) is 0.0556. The molecule has 0 fully saturated rings. The Morgan fingerprint density at radius 3 is 2.30 bits per heavy atom. The van der Waals surface area contributed by atoms with E-state index in [1.54, 1.807) is 31.3 Å². The maximum atomic E-state index is 12.9. The fourth-order valence-corrected chi connectivity index (χ4v) is 3.50. The van der Waals surface area contributed by atoms with Gasteiger partial charge < -0.3 is 10.2 Å². The highest BCUT2D eigenvalue weighted by molar-refractivity contribution is 6.39. The van der Waals surface area contributed by atoms with Crippen LogP contribution in [0.2, 0.25) is 10.0 Å². The number of aromatic hydroxyl groups is 2. The Hall–Kier alpha value is -3.03. The molecule has 0 aliphatic rings. The summed E-state index contributed by atoms with van der Waals surface area (Å²) < 4.78 is 2.40. The monoisotopic (exact) mass is 402 g/mol. The van der Waals surface area contributed by atoms with Crippen LogP contribution in [0.3, 0.4) is 0 Å². The topological polar surface area (TPSA) is 93.2 Å². The van der Waals surface area contributed by atoms with E-state index < -0.39 is 0 Å². The molecule has 27 heavy (non-hydrogen) atoms. The van der Waals surface area contributed by atoms with Crippen LogP contribution in [0.4, 0.5) is 0 Å². The minimum absolute atomic E-state index is 0.0287. The lowest BCUT2D eigenvalue weighted by Crippen LogP contribution is -2.20. The molecule has 1 aromatic carbocycles. The third-order valence-electron chi connectivity index (χ3n) is 4.21. The zero-order valence-corrected chi connectivity index (χ0v) is 15.4. The second-order valence-electron chi connectivity index (χ2n) is 5.85. The van der Waals surface area contributed by atoms with E-state index in [1.165, 1.54) is 22.9 Å². The van der Waals surface area contributed by atoms with Gasteiger partial charge in [0.1, 0.15) is 5.65 Å². The molecule has 0 bridgehead atoms. The van der Waals surface area contributed by atoms with Crippen LogP contribution in [0.25, 0.3) is 28.1 Å². The van der Waals surface area contributed by atoms with Crippen LogP contribution in [0.15, 0.2) is 47.4 Å². The number of pyridine rings is 1. The summed E-state index contributed by atoms with van der Waals surface area (Å²) in [5.74, 6) is -0.423. The number of benzene rings is 1. The molecule has 2 N–H and O–H groups in total. The highest BCUT2D eigenvalue weighted by Crippen LogP contribution is 2.34. The van der Waals surface area contributed by atoms with Crippen LogP contribution in [-0.2, 0) is 7.05 Å². The standard InChI is InChI=1S/C18H12Cl2N4O3/c1-23-16-9(8-21-18(22-16)24-13(25)5-6-14(24)26)7-10(17(23)27)15-11(19)3-2-4-12(15)20/h2-8,25-26H,1H3. The SMILES string of the molecule is Cn1c(=O)c(-c2c(Cl)cccc2Cl)cc2cnc(-n3c(O)ccc3O)nc21. The van der Waals surface area contributed by atoms with Gasteiger partial charge in [0.15, 0.2) is 0 Å². The minimum Gasteiger partial charge on any atom is -0.494 e. The number of hydrogen-bond donors (Lipinski definition) is 2. The Labute approximate surface area is 162 Å². The van der Waals surface area contributed by atoms with Gasteiger partial charge in [-0.1, -0.05) is 29.3 Å². The van der Waals surface area contributed by atoms with E-state index in [-0.39, 0.29) is 23.3 Å². The van der Waals surface area contributed by atoms with Crippen molar-refractivity contribution >= 4 is 34.2 Å². The maximum Gasteiger partial charge on any atom is 0.259 e. The third kappa shape index (κ3) is 2.72. The van der Waals surface area contributed by atoms with Crippen molar-refractivity contribution in [3.8, 4) is 28.8 Å². The summed E-state index contributed by atoms with van der Waals surface area (Å²) in [5, 5.41) is 21.0. The van der Waals surface area contributed by atoms with Crippen molar-refractivity contribution in [1.29, 1.82) is 0 Å². The van der Waals surface area contributed by atoms with Gasteiger partial charge >= 0.3 is 0 Å². The van der Waals surface area contributed by atoms with E-state index in [1.807, 2.05) is 0 Å². The number of rotatable bonds is 2. The molecule has 0 unspecified atom stereocenters. The van der Waals surface area contributed by atoms with Crippen LogP contribution >= 0.6 is 23.2 Å². The summed E-state index contributed by atoms with van der Waals surface area (Å²) >= 11 is 12.5. The Balaban J connectivity index is 1.99. The van der Waals surface area contributed by atoms with Crippen LogP contribution < -0.4 is 5.56 Å². The van der Waals surface area contributed by atoms with Gasteiger partial charge in [0, 0.05) is 36.3 Å². The lowest BCUT2D eigenvalue weighted by Gasteiger charge is -2.12. The first-order valence-corrected chi connectivity index (χ1v) is 8.55.